The average molecular weight is 129 g/mol. The van der Waals surface area contributed by atoms with Crippen LogP contribution in [0.3, 0.4) is 0 Å². The van der Waals surface area contributed by atoms with E-state index in [1.165, 1.54) is 6.20 Å². The molecule has 1 aromatic rings. The Morgan fingerprint density at radius 1 is 1.56 bits per heavy atom. The second-order valence-corrected chi connectivity index (χ2v) is 1.26. The molecule has 0 aromatic carbocycles. The van der Waals surface area contributed by atoms with Crippen LogP contribution in [0.4, 0.5) is 0 Å². The third kappa shape index (κ3) is 2.12. The SMILES string of the molecule is CC.Cc1cnnn1O. The molecule has 52 valence electrons. The van der Waals surface area contributed by atoms with Gasteiger partial charge in [-0.3, -0.25) is 0 Å². The Kier molecular flexibility index (Phi) is 3.43. The molecule has 0 saturated heterocycles. The van der Waals surface area contributed by atoms with Crippen LogP contribution < -0.4 is 0 Å². The molecule has 0 saturated carbocycles. The van der Waals surface area contributed by atoms with Crippen LogP contribution in [0.15, 0.2) is 6.20 Å². The first-order valence-corrected chi connectivity index (χ1v) is 2.87. The van der Waals surface area contributed by atoms with E-state index < -0.39 is 0 Å². The second-order valence-electron chi connectivity index (χ2n) is 1.26. The second kappa shape index (κ2) is 3.88. The highest BCUT2D eigenvalue weighted by Gasteiger charge is 1.88. The van der Waals surface area contributed by atoms with Crippen molar-refractivity contribution in [2.75, 3.05) is 0 Å². The van der Waals surface area contributed by atoms with Gasteiger partial charge in [-0.2, -0.15) is 0 Å². The van der Waals surface area contributed by atoms with Crippen molar-refractivity contribution in [2.24, 2.45) is 0 Å². The lowest BCUT2D eigenvalue weighted by molar-refractivity contribution is 0.137. The zero-order valence-corrected chi connectivity index (χ0v) is 5.87. The Bertz CT molecular complexity index is 144. The Balaban J connectivity index is 0.000000291. The summed E-state index contributed by atoms with van der Waals surface area (Å²) in [5, 5.41) is 15.1. The van der Waals surface area contributed by atoms with Crippen molar-refractivity contribution in [1.82, 2.24) is 15.2 Å². The van der Waals surface area contributed by atoms with E-state index in [2.05, 4.69) is 10.3 Å². The van der Waals surface area contributed by atoms with E-state index >= 15 is 0 Å². The van der Waals surface area contributed by atoms with Crippen LogP contribution in [0.1, 0.15) is 19.5 Å². The van der Waals surface area contributed by atoms with Crippen LogP contribution in [0.2, 0.25) is 0 Å². The molecule has 0 atom stereocenters. The molecule has 4 heteroatoms. The normalized spacial score (nSPS) is 7.89. The number of nitrogens with zero attached hydrogens (tertiary/aromatic N) is 3. The summed E-state index contributed by atoms with van der Waals surface area (Å²) in [5.74, 6) is 0. The van der Waals surface area contributed by atoms with E-state index in [0.717, 1.165) is 4.85 Å². The predicted molar refractivity (Wildman–Crippen MR) is 33.3 cm³/mol. The number of hydrogen-bond donors (Lipinski definition) is 1. The zero-order chi connectivity index (χ0) is 7.28. The molecule has 0 spiro atoms. The maximum Gasteiger partial charge on any atom is 0.0971 e. The molecule has 4 nitrogen and oxygen atoms in total. The summed E-state index contributed by atoms with van der Waals surface area (Å²) >= 11 is 0. The summed E-state index contributed by atoms with van der Waals surface area (Å²) in [6, 6.07) is 0. The van der Waals surface area contributed by atoms with Gasteiger partial charge in [-0.25, -0.2) is 0 Å². The smallest absolute Gasteiger partial charge is 0.0971 e. The van der Waals surface area contributed by atoms with Gasteiger partial charge in [0.15, 0.2) is 0 Å². The standard InChI is InChI=1S/C3H5N3O.C2H6/c1-3-2-4-5-6(3)7;1-2/h2,7H,1H3;1-2H3. The minimum Gasteiger partial charge on any atom is -0.410 e. The maximum absolute atomic E-state index is 8.50. The fraction of sp³-hybridized carbons (Fsp3) is 0.600. The predicted octanol–water partition coefficient (Wildman–Crippen LogP) is 0.850. The van der Waals surface area contributed by atoms with Crippen molar-refractivity contribution in [3.8, 4) is 0 Å². The third-order valence-electron chi connectivity index (χ3n) is 0.696. The lowest BCUT2D eigenvalue weighted by Gasteiger charge is -1.83. The molecular formula is C5H11N3O. The van der Waals surface area contributed by atoms with Crippen molar-refractivity contribution in [2.45, 2.75) is 20.8 Å². The van der Waals surface area contributed by atoms with Crippen molar-refractivity contribution >= 4 is 0 Å². The minimum absolute atomic E-state index is 0.639. The van der Waals surface area contributed by atoms with Gasteiger partial charge in [-0.15, -0.1) is 5.10 Å². The number of aryl methyl sites for hydroxylation is 1. The van der Waals surface area contributed by atoms with Crippen LogP contribution >= 0.6 is 0 Å². The number of hydrogen-bond acceptors (Lipinski definition) is 3. The Morgan fingerprint density at radius 3 is 2.22 bits per heavy atom. The molecule has 9 heavy (non-hydrogen) atoms. The molecular weight excluding hydrogens is 118 g/mol. The Labute approximate surface area is 54.1 Å². The van der Waals surface area contributed by atoms with Crippen LogP contribution in [-0.4, -0.2) is 20.4 Å². The van der Waals surface area contributed by atoms with Gasteiger partial charge in [0, 0.05) is 0 Å². The summed E-state index contributed by atoms with van der Waals surface area (Å²) in [6.07, 6.45) is 1.47. The summed E-state index contributed by atoms with van der Waals surface area (Å²) in [7, 11) is 0. The monoisotopic (exact) mass is 129 g/mol. The first-order chi connectivity index (χ1) is 4.30. The van der Waals surface area contributed by atoms with Crippen molar-refractivity contribution in [3.63, 3.8) is 0 Å². The maximum atomic E-state index is 8.50. The first-order valence-electron chi connectivity index (χ1n) is 2.87. The van der Waals surface area contributed by atoms with Crippen molar-refractivity contribution < 1.29 is 5.21 Å². The molecule has 0 fully saturated rings. The summed E-state index contributed by atoms with van der Waals surface area (Å²) in [4.78, 5) is 0.722. The molecule has 0 radical (unpaired) electrons. The van der Waals surface area contributed by atoms with Gasteiger partial charge in [-0.05, 0) is 12.1 Å². The molecule has 1 aromatic heterocycles. The highest BCUT2D eigenvalue weighted by atomic mass is 16.5. The molecule has 0 aliphatic rings. The highest BCUT2D eigenvalue weighted by molar-refractivity contribution is 4.84. The summed E-state index contributed by atoms with van der Waals surface area (Å²) in [6.45, 7) is 5.71. The van der Waals surface area contributed by atoms with E-state index in [4.69, 9.17) is 5.21 Å². The molecule has 0 aliphatic carbocycles. The summed E-state index contributed by atoms with van der Waals surface area (Å²) < 4.78 is 0. The lowest BCUT2D eigenvalue weighted by Crippen LogP contribution is -1.93. The zero-order valence-electron chi connectivity index (χ0n) is 5.87. The van der Waals surface area contributed by atoms with E-state index in [0.29, 0.717) is 5.69 Å². The van der Waals surface area contributed by atoms with Crippen molar-refractivity contribution in [3.05, 3.63) is 11.9 Å². The highest BCUT2D eigenvalue weighted by Crippen LogP contribution is 1.84. The van der Waals surface area contributed by atoms with E-state index in [1.54, 1.807) is 6.92 Å². The first kappa shape index (κ1) is 7.94. The topological polar surface area (TPSA) is 50.9 Å². The Hall–Kier alpha value is -1.06. The number of aromatic nitrogens is 3. The van der Waals surface area contributed by atoms with Gasteiger partial charge in [0.25, 0.3) is 0 Å². The van der Waals surface area contributed by atoms with Gasteiger partial charge in [0.05, 0.1) is 11.9 Å². The van der Waals surface area contributed by atoms with Gasteiger partial charge in [0.2, 0.25) is 0 Å². The van der Waals surface area contributed by atoms with E-state index in [-0.39, 0.29) is 0 Å². The number of rotatable bonds is 0. The van der Waals surface area contributed by atoms with Crippen LogP contribution in [0.25, 0.3) is 0 Å². The molecule has 0 unspecified atom stereocenters. The Morgan fingerprint density at radius 2 is 2.11 bits per heavy atom. The molecule has 1 N–H and O–H groups in total. The lowest BCUT2D eigenvalue weighted by atomic mass is 10.6. The van der Waals surface area contributed by atoms with Gasteiger partial charge in [0.1, 0.15) is 0 Å². The molecule has 0 amide bonds. The van der Waals surface area contributed by atoms with Crippen LogP contribution in [-0.2, 0) is 0 Å². The minimum atomic E-state index is 0.639. The molecule has 1 rings (SSSR count). The van der Waals surface area contributed by atoms with E-state index in [9.17, 15) is 0 Å². The fourth-order valence-corrected chi connectivity index (χ4v) is 0.280. The fourth-order valence-electron chi connectivity index (χ4n) is 0.280. The quantitative estimate of drug-likeness (QED) is 0.528. The van der Waals surface area contributed by atoms with Gasteiger partial charge in [-0.1, -0.05) is 18.7 Å². The third-order valence-corrected chi connectivity index (χ3v) is 0.696. The van der Waals surface area contributed by atoms with Crippen LogP contribution in [0.5, 0.6) is 0 Å². The van der Waals surface area contributed by atoms with Gasteiger partial charge >= 0.3 is 0 Å². The summed E-state index contributed by atoms with van der Waals surface area (Å²) in [5.41, 5.74) is 0.639. The molecule has 0 aliphatic heterocycles. The molecule has 1 heterocycles. The molecule has 0 bridgehead atoms. The van der Waals surface area contributed by atoms with Gasteiger partial charge < -0.3 is 5.21 Å². The average Bonchev–Trinajstić information content (AvgIpc) is 2.23. The van der Waals surface area contributed by atoms with E-state index in [1.807, 2.05) is 13.8 Å². The van der Waals surface area contributed by atoms with Crippen LogP contribution in [0, 0.1) is 6.92 Å². The largest absolute Gasteiger partial charge is 0.410 e. The van der Waals surface area contributed by atoms with Crippen molar-refractivity contribution in [1.29, 1.82) is 0 Å².